The van der Waals surface area contributed by atoms with Gasteiger partial charge in [0.1, 0.15) is 11.5 Å². The van der Waals surface area contributed by atoms with E-state index in [1.807, 2.05) is 43.3 Å². The monoisotopic (exact) mass is 311 g/mol. The SMILES string of the molecule is Cc1cc(Oc2cccc(I)c2)ccn1. The predicted molar refractivity (Wildman–Crippen MR) is 68.2 cm³/mol. The zero-order chi connectivity index (χ0) is 10.7. The fraction of sp³-hybridized carbons (Fsp3) is 0.0833. The summed E-state index contributed by atoms with van der Waals surface area (Å²) in [6.45, 7) is 1.95. The average Bonchev–Trinajstić information content (AvgIpc) is 2.17. The van der Waals surface area contributed by atoms with E-state index in [-0.39, 0.29) is 0 Å². The van der Waals surface area contributed by atoms with Crippen LogP contribution in [0.1, 0.15) is 5.69 Å². The molecule has 0 N–H and O–H groups in total. The summed E-state index contributed by atoms with van der Waals surface area (Å²) < 4.78 is 6.86. The maximum Gasteiger partial charge on any atom is 0.130 e. The molecule has 1 aromatic carbocycles. The summed E-state index contributed by atoms with van der Waals surface area (Å²) in [5.41, 5.74) is 0.957. The topological polar surface area (TPSA) is 22.1 Å². The maximum atomic E-state index is 5.70. The minimum Gasteiger partial charge on any atom is -0.457 e. The quantitative estimate of drug-likeness (QED) is 0.787. The molecular formula is C12H10INO. The summed E-state index contributed by atoms with van der Waals surface area (Å²) in [6, 6.07) is 11.7. The first-order valence-corrected chi connectivity index (χ1v) is 5.68. The van der Waals surface area contributed by atoms with Gasteiger partial charge in [0, 0.05) is 21.5 Å². The molecule has 76 valence electrons. The van der Waals surface area contributed by atoms with Crippen molar-refractivity contribution in [2.24, 2.45) is 0 Å². The van der Waals surface area contributed by atoms with E-state index in [4.69, 9.17) is 4.74 Å². The van der Waals surface area contributed by atoms with Crippen LogP contribution in [0.2, 0.25) is 0 Å². The largest absolute Gasteiger partial charge is 0.457 e. The second-order valence-corrected chi connectivity index (χ2v) is 4.44. The summed E-state index contributed by atoms with van der Waals surface area (Å²) in [4.78, 5) is 4.12. The van der Waals surface area contributed by atoms with Gasteiger partial charge in [-0.1, -0.05) is 6.07 Å². The molecule has 0 fully saturated rings. The van der Waals surface area contributed by atoms with Crippen molar-refractivity contribution >= 4 is 22.6 Å². The summed E-state index contributed by atoms with van der Waals surface area (Å²) in [5.74, 6) is 1.68. The molecule has 0 atom stereocenters. The van der Waals surface area contributed by atoms with Gasteiger partial charge in [0.25, 0.3) is 0 Å². The number of rotatable bonds is 2. The number of hydrogen-bond acceptors (Lipinski definition) is 2. The Bertz CT molecular complexity index is 427. The molecular weight excluding hydrogens is 301 g/mol. The van der Waals surface area contributed by atoms with Crippen LogP contribution in [0.5, 0.6) is 11.5 Å². The van der Waals surface area contributed by atoms with Crippen molar-refractivity contribution in [2.45, 2.75) is 6.92 Å². The van der Waals surface area contributed by atoms with Crippen LogP contribution in [0.3, 0.4) is 0 Å². The number of halogens is 1. The van der Waals surface area contributed by atoms with Crippen LogP contribution in [-0.2, 0) is 0 Å². The van der Waals surface area contributed by atoms with Gasteiger partial charge in [-0.05, 0) is 53.8 Å². The average molecular weight is 311 g/mol. The van der Waals surface area contributed by atoms with Crippen LogP contribution in [0.25, 0.3) is 0 Å². The fourth-order valence-electron chi connectivity index (χ4n) is 1.25. The van der Waals surface area contributed by atoms with Crippen LogP contribution in [0.15, 0.2) is 42.6 Å². The summed E-state index contributed by atoms with van der Waals surface area (Å²) in [6.07, 6.45) is 1.75. The van der Waals surface area contributed by atoms with Crippen molar-refractivity contribution in [2.75, 3.05) is 0 Å². The molecule has 2 aromatic rings. The van der Waals surface area contributed by atoms with Crippen molar-refractivity contribution in [3.63, 3.8) is 0 Å². The van der Waals surface area contributed by atoms with Crippen LogP contribution in [0.4, 0.5) is 0 Å². The van der Waals surface area contributed by atoms with E-state index in [0.29, 0.717) is 0 Å². The third-order valence-corrected chi connectivity index (χ3v) is 2.57. The summed E-state index contributed by atoms with van der Waals surface area (Å²) in [7, 11) is 0. The minimum absolute atomic E-state index is 0.824. The van der Waals surface area contributed by atoms with Crippen molar-refractivity contribution in [3.05, 3.63) is 51.9 Å². The lowest BCUT2D eigenvalue weighted by atomic mass is 10.3. The third-order valence-electron chi connectivity index (χ3n) is 1.90. The fourth-order valence-corrected chi connectivity index (χ4v) is 1.76. The molecule has 0 saturated heterocycles. The lowest BCUT2D eigenvalue weighted by Gasteiger charge is -2.05. The lowest BCUT2D eigenvalue weighted by molar-refractivity contribution is 0.481. The lowest BCUT2D eigenvalue weighted by Crippen LogP contribution is -1.86. The van der Waals surface area contributed by atoms with Crippen molar-refractivity contribution in [1.29, 1.82) is 0 Å². The molecule has 0 radical (unpaired) electrons. The highest BCUT2D eigenvalue weighted by Crippen LogP contribution is 2.22. The molecule has 0 aliphatic carbocycles. The molecule has 0 saturated carbocycles. The van der Waals surface area contributed by atoms with E-state index in [1.165, 1.54) is 0 Å². The number of ether oxygens (including phenoxy) is 1. The van der Waals surface area contributed by atoms with E-state index in [1.54, 1.807) is 6.20 Å². The van der Waals surface area contributed by atoms with Crippen molar-refractivity contribution in [3.8, 4) is 11.5 Å². The van der Waals surface area contributed by atoms with Crippen LogP contribution in [0, 0.1) is 10.5 Å². The number of hydrogen-bond donors (Lipinski definition) is 0. The van der Waals surface area contributed by atoms with Gasteiger partial charge >= 0.3 is 0 Å². The van der Waals surface area contributed by atoms with Crippen LogP contribution in [-0.4, -0.2) is 4.98 Å². The Morgan fingerprint density at radius 1 is 1.13 bits per heavy atom. The minimum atomic E-state index is 0.824. The summed E-state index contributed by atoms with van der Waals surface area (Å²) in [5, 5.41) is 0. The third kappa shape index (κ3) is 2.92. The number of pyridine rings is 1. The van der Waals surface area contributed by atoms with E-state index < -0.39 is 0 Å². The highest BCUT2D eigenvalue weighted by atomic mass is 127. The normalized spacial score (nSPS) is 10.0. The number of benzene rings is 1. The molecule has 0 spiro atoms. The highest BCUT2D eigenvalue weighted by molar-refractivity contribution is 14.1. The molecule has 3 heteroatoms. The zero-order valence-electron chi connectivity index (χ0n) is 8.27. The standard InChI is InChI=1S/C12H10INO/c1-9-7-12(5-6-14-9)15-11-4-2-3-10(13)8-11/h2-8H,1H3. The first-order chi connectivity index (χ1) is 7.24. The second-order valence-electron chi connectivity index (χ2n) is 3.19. The molecule has 0 aliphatic rings. The van der Waals surface area contributed by atoms with Gasteiger partial charge in [0.2, 0.25) is 0 Å². The zero-order valence-corrected chi connectivity index (χ0v) is 10.4. The Morgan fingerprint density at radius 2 is 1.93 bits per heavy atom. The predicted octanol–water partition coefficient (Wildman–Crippen LogP) is 3.79. The van der Waals surface area contributed by atoms with Crippen molar-refractivity contribution < 1.29 is 4.74 Å². The van der Waals surface area contributed by atoms with Crippen LogP contribution >= 0.6 is 22.6 Å². The highest BCUT2D eigenvalue weighted by Gasteiger charge is 1.98. The van der Waals surface area contributed by atoms with E-state index in [9.17, 15) is 0 Å². The van der Waals surface area contributed by atoms with Crippen molar-refractivity contribution in [1.82, 2.24) is 4.98 Å². The smallest absolute Gasteiger partial charge is 0.130 e. The molecule has 0 unspecified atom stereocenters. The van der Waals surface area contributed by atoms with Gasteiger partial charge < -0.3 is 4.74 Å². The first kappa shape index (κ1) is 10.4. The Kier molecular flexibility index (Phi) is 3.20. The summed E-state index contributed by atoms with van der Waals surface area (Å²) >= 11 is 2.26. The molecule has 2 nitrogen and oxygen atoms in total. The molecule has 0 amide bonds. The number of aryl methyl sites for hydroxylation is 1. The number of aromatic nitrogens is 1. The molecule has 1 heterocycles. The first-order valence-electron chi connectivity index (χ1n) is 4.60. The maximum absolute atomic E-state index is 5.70. The molecule has 1 aromatic heterocycles. The molecule has 0 bridgehead atoms. The van der Waals surface area contributed by atoms with Gasteiger partial charge in [-0.2, -0.15) is 0 Å². The van der Waals surface area contributed by atoms with Gasteiger partial charge in [-0.15, -0.1) is 0 Å². The second kappa shape index (κ2) is 4.61. The van der Waals surface area contributed by atoms with Crippen LogP contribution < -0.4 is 4.74 Å². The Labute approximate surface area is 102 Å². The van der Waals surface area contributed by atoms with E-state index in [2.05, 4.69) is 27.6 Å². The van der Waals surface area contributed by atoms with Gasteiger partial charge in [0.15, 0.2) is 0 Å². The Morgan fingerprint density at radius 3 is 2.67 bits per heavy atom. The Hall–Kier alpha value is -1.10. The molecule has 2 rings (SSSR count). The van der Waals surface area contributed by atoms with E-state index in [0.717, 1.165) is 20.8 Å². The van der Waals surface area contributed by atoms with Gasteiger partial charge in [-0.25, -0.2) is 0 Å². The van der Waals surface area contributed by atoms with Gasteiger partial charge in [-0.3, -0.25) is 4.98 Å². The van der Waals surface area contributed by atoms with Gasteiger partial charge in [0.05, 0.1) is 0 Å². The van der Waals surface area contributed by atoms with E-state index >= 15 is 0 Å². The Balaban J connectivity index is 2.22. The number of nitrogens with zero attached hydrogens (tertiary/aromatic N) is 1. The molecule has 15 heavy (non-hydrogen) atoms. The molecule has 0 aliphatic heterocycles.